The van der Waals surface area contributed by atoms with Gasteiger partial charge < -0.3 is 0 Å². The second-order valence-corrected chi connectivity index (χ2v) is 7.30. The summed E-state index contributed by atoms with van der Waals surface area (Å²) in [6, 6.07) is 12.4. The monoisotopic (exact) mass is 476 g/mol. The summed E-state index contributed by atoms with van der Waals surface area (Å²) in [6.07, 6.45) is -3.54. The minimum Gasteiger partial charge on any atom is -0.274 e. The minimum atomic E-state index is -4.54. The highest BCUT2D eigenvalue weighted by atomic mass is 35.5. The Labute approximate surface area is 191 Å². The fourth-order valence-corrected chi connectivity index (χ4v) is 3.17. The van der Waals surface area contributed by atoms with Gasteiger partial charge in [0, 0.05) is 34.8 Å². The molecule has 0 N–H and O–H groups in total. The van der Waals surface area contributed by atoms with Gasteiger partial charge in [0.2, 0.25) is 11.9 Å². The lowest BCUT2D eigenvalue weighted by Gasteiger charge is -2.22. The lowest BCUT2D eigenvalue weighted by Crippen LogP contribution is -2.27. The zero-order valence-corrected chi connectivity index (χ0v) is 17.7. The number of carbonyl (C=O) groups excluding carboxylic acids is 2. The van der Waals surface area contributed by atoms with Crippen LogP contribution in [-0.4, -0.2) is 21.8 Å². The van der Waals surface area contributed by atoms with Gasteiger partial charge in [-0.25, -0.2) is 14.9 Å². The molecule has 0 radical (unpaired) electrons. The van der Waals surface area contributed by atoms with Crippen molar-refractivity contribution < 1.29 is 22.8 Å². The Kier molecular flexibility index (Phi) is 7.49. The fourth-order valence-electron chi connectivity index (χ4n) is 2.98. The molecule has 0 aliphatic carbocycles. The third-order valence-electron chi connectivity index (χ3n) is 4.55. The summed E-state index contributed by atoms with van der Waals surface area (Å²) >= 11 is 6.03. The molecule has 0 aliphatic heterocycles. The SMILES string of the molecule is O=NC(=O)CCCC(=O)N(c1ccc(C(F)(F)F)cc1)c1nccc(-c2cccc(Cl)c2)n1. The van der Waals surface area contributed by atoms with Crippen LogP contribution < -0.4 is 4.90 Å². The molecule has 0 unspecified atom stereocenters. The normalized spacial score (nSPS) is 11.2. The summed E-state index contributed by atoms with van der Waals surface area (Å²) in [6.45, 7) is 0. The predicted molar refractivity (Wildman–Crippen MR) is 116 cm³/mol. The van der Waals surface area contributed by atoms with Crippen molar-refractivity contribution in [3.05, 3.63) is 76.3 Å². The Morgan fingerprint density at radius 3 is 2.39 bits per heavy atom. The highest BCUT2D eigenvalue weighted by molar-refractivity contribution is 6.30. The molecule has 0 saturated heterocycles. The molecule has 1 aromatic heterocycles. The zero-order chi connectivity index (χ0) is 24.0. The molecule has 0 aliphatic rings. The summed E-state index contributed by atoms with van der Waals surface area (Å²) in [5, 5.41) is 2.74. The van der Waals surface area contributed by atoms with Gasteiger partial charge in [-0.1, -0.05) is 23.7 Å². The second-order valence-electron chi connectivity index (χ2n) is 6.86. The molecule has 0 fully saturated rings. The van der Waals surface area contributed by atoms with Crippen LogP contribution in [0.3, 0.4) is 0 Å². The van der Waals surface area contributed by atoms with E-state index in [0.29, 0.717) is 16.3 Å². The minimum absolute atomic E-state index is 0.0223. The zero-order valence-electron chi connectivity index (χ0n) is 16.9. The van der Waals surface area contributed by atoms with Crippen molar-refractivity contribution in [2.24, 2.45) is 5.18 Å². The van der Waals surface area contributed by atoms with Gasteiger partial charge in [-0.15, -0.1) is 4.91 Å². The van der Waals surface area contributed by atoms with Crippen LogP contribution in [0, 0.1) is 4.91 Å². The first kappa shape index (κ1) is 24.0. The Hall–Kier alpha value is -3.66. The molecule has 3 aromatic rings. The highest BCUT2D eigenvalue weighted by Crippen LogP contribution is 2.32. The number of aromatic nitrogens is 2. The maximum Gasteiger partial charge on any atom is 0.416 e. The van der Waals surface area contributed by atoms with Crippen LogP contribution in [0.4, 0.5) is 24.8 Å². The van der Waals surface area contributed by atoms with Crippen LogP contribution in [0.25, 0.3) is 11.3 Å². The number of benzene rings is 2. The van der Waals surface area contributed by atoms with E-state index in [1.54, 1.807) is 30.3 Å². The number of anilines is 2. The lowest BCUT2D eigenvalue weighted by molar-refractivity contribution is -0.137. The molecule has 170 valence electrons. The van der Waals surface area contributed by atoms with E-state index in [9.17, 15) is 27.7 Å². The molecule has 11 heteroatoms. The van der Waals surface area contributed by atoms with Crippen LogP contribution in [0.15, 0.2) is 66.0 Å². The Balaban J connectivity index is 1.98. The number of nitrogens with zero attached hydrogens (tertiary/aromatic N) is 4. The number of amides is 2. The van der Waals surface area contributed by atoms with Crippen molar-refractivity contribution >= 4 is 35.1 Å². The van der Waals surface area contributed by atoms with E-state index in [1.807, 2.05) is 0 Å². The van der Waals surface area contributed by atoms with Gasteiger partial charge >= 0.3 is 6.18 Å². The Morgan fingerprint density at radius 1 is 1.03 bits per heavy atom. The molecule has 1 heterocycles. The topological polar surface area (TPSA) is 92.6 Å². The van der Waals surface area contributed by atoms with Gasteiger partial charge in [0.05, 0.1) is 16.9 Å². The van der Waals surface area contributed by atoms with Crippen LogP contribution in [-0.2, 0) is 15.8 Å². The van der Waals surface area contributed by atoms with Crippen molar-refractivity contribution in [1.29, 1.82) is 0 Å². The summed E-state index contributed by atoms with van der Waals surface area (Å²) in [7, 11) is 0. The molecule has 33 heavy (non-hydrogen) atoms. The van der Waals surface area contributed by atoms with E-state index >= 15 is 0 Å². The number of nitroso groups, excluding NO2 is 1. The predicted octanol–water partition coefficient (Wildman–Crippen LogP) is 5.94. The summed E-state index contributed by atoms with van der Waals surface area (Å²) in [4.78, 5) is 43.9. The van der Waals surface area contributed by atoms with Gasteiger partial charge in [-0.05, 0) is 48.9 Å². The van der Waals surface area contributed by atoms with Gasteiger partial charge in [0.1, 0.15) is 0 Å². The van der Waals surface area contributed by atoms with Crippen LogP contribution in [0.5, 0.6) is 0 Å². The van der Waals surface area contributed by atoms with Gasteiger partial charge in [0.15, 0.2) is 0 Å². The van der Waals surface area contributed by atoms with Crippen molar-refractivity contribution in [2.45, 2.75) is 25.4 Å². The highest BCUT2D eigenvalue weighted by Gasteiger charge is 2.31. The molecule has 7 nitrogen and oxygen atoms in total. The standard InChI is InChI=1S/C22H16ClF3N4O3/c23-16-4-1-3-14(13-16)18-11-12-27-21(28-18)30(20(32)6-2-5-19(31)29-33)17-9-7-15(8-10-17)22(24,25)26/h1,3-4,7-13H,2,5-6H2. The van der Waals surface area contributed by atoms with Gasteiger partial charge in [0.25, 0.3) is 5.91 Å². The largest absolute Gasteiger partial charge is 0.416 e. The maximum absolute atomic E-state index is 13.0. The quantitative estimate of drug-likeness (QED) is 0.393. The molecule has 0 bridgehead atoms. The Bertz CT molecular complexity index is 1170. The molecule has 2 aromatic carbocycles. The lowest BCUT2D eigenvalue weighted by atomic mass is 10.1. The smallest absolute Gasteiger partial charge is 0.274 e. The average Bonchev–Trinajstić information content (AvgIpc) is 2.79. The van der Waals surface area contributed by atoms with E-state index in [0.717, 1.165) is 29.2 Å². The first-order chi connectivity index (χ1) is 15.7. The summed E-state index contributed by atoms with van der Waals surface area (Å²) in [5.74, 6) is -1.54. The fraction of sp³-hybridized carbons (Fsp3) is 0.182. The van der Waals surface area contributed by atoms with Gasteiger partial charge in [-0.3, -0.25) is 9.59 Å². The number of hydrogen-bond donors (Lipinski definition) is 0. The van der Waals surface area contributed by atoms with Crippen LogP contribution in [0.2, 0.25) is 5.02 Å². The third-order valence-corrected chi connectivity index (χ3v) is 4.78. The number of carbonyl (C=O) groups is 2. The van der Waals surface area contributed by atoms with E-state index in [4.69, 9.17) is 11.6 Å². The molecular formula is C22H16ClF3N4O3. The van der Waals surface area contributed by atoms with Crippen molar-refractivity contribution in [2.75, 3.05) is 4.90 Å². The van der Waals surface area contributed by atoms with Crippen molar-refractivity contribution in [3.8, 4) is 11.3 Å². The van der Waals surface area contributed by atoms with Crippen LogP contribution >= 0.6 is 11.6 Å². The number of hydrogen-bond acceptors (Lipinski definition) is 5. The summed E-state index contributed by atoms with van der Waals surface area (Å²) < 4.78 is 38.9. The molecule has 2 amide bonds. The Morgan fingerprint density at radius 2 is 1.76 bits per heavy atom. The maximum atomic E-state index is 13.0. The average molecular weight is 477 g/mol. The molecule has 0 saturated carbocycles. The third kappa shape index (κ3) is 6.19. The van der Waals surface area contributed by atoms with Crippen molar-refractivity contribution in [1.82, 2.24) is 9.97 Å². The molecule has 0 atom stereocenters. The number of halogens is 4. The first-order valence-electron chi connectivity index (χ1n) is 9.64. The van der Waals surface area contributed by atoms with E-state index < -0.39 is 23.6 Å². The van der Waals surface area contributed by atoms with Crippen LogP contribution in [0.1, 0.15) is 24.8 Å². The number of alkyl halides is 3. The van der Waals surface area contributed by atoms with E-state index in [-0.39, 0.29) is 30.9 Å². The van der Waals surface area contributed by atoms with Gasteiger partial charge in [-0.2, -0.15) is 13.2 Å². The first-order valence-corrected chi connectivity index (χ1v) is 10.0. The van der Waals surface area contributed by atoms with Crippen molar-refractivity contribution in [3.63, 3.8) is 0 Å². The second kappa shape index (κ2) is 10.3. The molecule has 0 spiro atoms. The summed E-state index contributed by atoms with van der Waals surface area (Å²) in [5.41, 5.74) is 0.312. The number of rotatable bonds is 7. The van der Waals surface area contributed by atoms with E-state index in [2.05, 4.69) is 15.1 Å². The van der Waals surface area contributed by atoms with E-state index in [1.165, 1.54) is 6.20 Å². The molecule has 3 rings (SSSR count). The molecular weight excluding hydrogens is 461 g/mol.